The van der Waals surface area contributed by atoms with E-state index in [2.05, 4.69) is 84.3 Å². The Kier molecular flexibility index (Phi) is 6.56. The molecule has 0 amide bonds. The van der Waals surface area contributed by atoms with Crippen molar-refractivity contribution >= 4 is 58.2 Å². The number of rotatable bonds is 6. The normalized spacial score (nSPS) is 16.9. The third-order valence-corrected chi connectivity index (χ3v) is 12.9. The van der Waals surface area contributed by atoms with Crippen molar-refractivity contribution in [2.75, 3.05) is 6.61 Å². The lowest BCUT2D eigenvalue weighted by molar-refractivity contribution is 0.295. The summed E-state index contributed by atoms with van der Waals surface area (Å²) in [6, 6.07) is 21.0. The maximum atomic E-state index is 15.2. The Labute approximate surface area is 214 Å². The third-order valence-electron chi connectivity index (χ3n) is 6.33. The van der Waals surface area contributed by atoms with E-state index in [1.807, 2.05) is 12.1 Å². The van der Waals surface area contributed by atoms with Crippen molar-refractivity contribution in [2.45, 2.75) is 37.5 Å². The number of hydrogen-bond acceptors (Lipinski definition) is 5. The highest BCUT2D eigenvalue weighted by molar-refractivity contribution is 8.08. The summed E-state index contributed by atoms with van der Waals surface area (Å²) in [6.45, 7) is 7.16. The molecule has 1 aliphatic rings. The van der Waals surface area contributed by atoms with Crippen LogP contribution in [0.25, 0.3) is 16.2 Å². The highest BCUT2D eigenvalue weighted by Gasteiger charge is 2.50. The molecule has 9 heteroatoms. The molecular weight excluding hydrogens is 499 g/mol. The van der Waals surface area contributed by atoms with Crippen molar-refractivity contribution in [1.29, 1.82) is 0 Å². The fraction of sp³-hybridized carbons (Fsp3) is 0.269. The minimum Gasteiger partial charge on any atom is -0.406 e. The number of allylic oxidation sites excluding steroid dienone is 1. The summed E-state index contributed by atoms with van der Waals surface area (Å²) in [6.07, 6.45) is 3.21. The molecule has 0 saturated heterocycles. The number of benzene rings is 2. The zero-order valence-electron chi connectivity index (χ0n) is 19.8. The number of imidazole rings is 1. The zero-order valence-corrected chi connectivity index (χ0v) is 22.4. The molecule has 1 aliphatic heterocycles. The van der Waals surface area contributed by atoms with E-state index < -0.39 is 8.32 Å². The third kappa shape index (κ3) is 4.33. The second-order valence-corrected chi connectivity index (χ2v) is 15.5. The van der Waals surface area contributed by atoms with Crippen LogP contribution in [0.3, 0.4) is 0 Å². The Bertz CT molecular complexity index is 1340. The van der Waals surface area contributed by atoms with Crippen molar-refractivity contribution in [3.8, 4) is 0 Å². The molecule has 4 aromatic rings. The van der Waals surface area contributed by atoms with Crippen LogP contribution in [0.2, 0.25) is 10.2 Å². The molecule has 3 heterocycles. The van der Waals surface area contributed by atoms with E-state index in [9.17, 15) is 0 Å². The summed E-state index contributed by atoms with van der Waals surface area (Å²) in [5.41, 5.74) is 0.957. The van der Waals surface area contributed by atoms with Crippen LogP contribution in [0.1, 0.15) is 27.2 Å². The number of halogens is 2. The van der Waals surface area contributed by atoms with Gasteiger partial charge in [0.1, 0.15) is 29.0 Å². The van der Waals surface area contributed by atoms with Crippen LogP contribution in [0.4, 0.5) is 4.39 Å². The van der Waals surface area contributed by atoms with Gasteiger partial charge in [-0.25, -0.2) is 19.3 Å². The van der Waals surface area contributed by atoms with Gasteiger partial charge < -0.3 is 4.43 Å². The number of fused-ring (bicyclic) bond motifs is 1. The van der Waals surface area contributed by atoms with E-state index in [1.165, 1.54) is 28.5 Å². The van der Waals surface area contributed by atoms with Crippen LogP contribution in [-0.2, 0) is 4.43 Å². The average Bonchev–Trinajstić information content (AvgIpc) is 3.44. The smallest absolute Gasteiger partial charge is 0.261 e. The number of nitrogens with zero attached hydrogens (tertiary/aromatic N) is 4. The van der Waals surface area contributed by atoms with Crippen molar-refractivity contribution in [2.24, 2.45) is 0 Å². The van der Waals surface area contributed by atoms with Gasteiger partial charge in [-0.2, -0.15) is 0 Å². The standard InChI is InChI=1S/C26H26ClFN4OSSi/c1-26(2,3)35(19-10-6-4-7-11-19,20-12-8-5-9-13-20)33-15-18-14-21(28)25(34-18)32-17-31-22-23(27)29-16-30-24(22)32/h4-13,16-18H,14-15H2,1-3H3/t18-/m0/s1. The zero-order chi connectivity index (χ0) is 24.6. The largest absolute Gasteiger partial charge is 0.406 e. The van der Waals surface area contributed by atoms with Crippen LogP contribution in [0, 0.1) is 0 Å². The van der Waals surface area contributed by atoms with Gasteiger partial charge in [-0.05, 0) is 15.4 Å². The van der Waals surface area contributed by atoms with Crippen LogP contribution < -0.4 is 10.4 Å². The minimum atomic E-state index is -2.69. The molecule has 2 aromatic carbocycles. The van der Waals surface area contributed by atoms with Crippen LogP contribution in [-0.4, -0.2) is 39.7 Å². The second-order valence-electron chi connectivity index (χ2n) is 9.58. The summed E-state index contributed by atoms with van der Waals surface area (Å²) >= 11 is 7.60. The Morgan fingerprint density at radius 1 is 1.03 bits per heavy atom. The first-order chi connectivity index (χ1) is 16.8. The lowest BCUT2D eigenvalue weighted by Gasteiger charge is -2.43. The van der Waals surface area contributed by atoms with Crippen LogP contribution >= 0.6 is 23.4 Å². The topological polar surface area (TPSA) is 52.8 Å². The Morgan fingerprint density at radius 2 is 1.66 bits per heavy atom. The Morgan fingerprint density at radius 3 is 2.26 bits per heavy atom. The van der Waals surface area contributed by atoms with E-state index in [4.69, 9.17) is 16.0 Å². The van der Waals surface area contributed by atoms with E-state index >= 15 is 4.39 Å². The summed E-state index contributed by atoms with van der Waals surface area (Å²) in [5, 5.41) is 2.95. The highest BCUT2D eigenvalue weighted by Crippen LogP contribution is 2.44. The molecule has 35 heavy (non-hydrogen) atoms. The van der Waals surface area contributed by atoms with Crippen molar-refractivity contribution < 1.29 is 8.82 Å². The Hall–Kier alpha value is -2.52. The predicted octanol–water partition coefficient (Wildman–Crippen LogP) is 5.66. The summed E-state index contributed by atoms with van der Waals surface area (Å²) in [7, 11) is -2.69. The molecule has 0 bridgehead atoms. The fourth-order valence-electron chi connectivity index (χ4n) is 4.77. The SMILES string of the molecule is CC(C)(C)[Si](OC[C@@H]1CC(F)=C(n2cnc3c(Cl)ncnc32)S1)(c1ccccc1)c1ccccc1. The highest BCUT2D eigenvalue weighted by atomic mass is 35.5. The molecule has 180 valence electrons. The van der Waals surface area contributed by atoms with E-state index in [0.717, 1.165) is 0 Å². The molecule has 0 aliphatic carbocycles. The summed E-state index contributed by atoms with van der Waals surface area (Å²) in [5.74, 6) is -0.194. The lowest BCUT2D eigenvalue weighted by Crippen LogP contribution is -2.67. The van der Waals surface area contributed by atoms with Crippen LogP contribution in [0.5, 0.6) is 0 Å². The quantitative estimate of drug-likeness (QED) is 0.241. The van der Waals surface area contributed by atoms with E-state index in [-0.39, 0.29) is 27.7 Å². The maximum Gasteiger partial charge on any atom is 0.261 e. The fourth-order valence-corrected chi connectivity index (χ4v) is 10.8. The van der Waals surface area contributed by atoms with Crippen molar-refractivity contribution in [3.63, 3.8) is 0 Å². The molecular formula is C26H26ClFN4OSSi. The minimum absolute atomic E-state index is 0.0681. The first-order valence-corrected chi connectivity index (χ1v) is 14.6. The second kappa shape index (κ2) is 9.50. The number of hydrogen-bond donors (Lipinski definition) is 0. The van der Waals surface area contributed by atoms with Gasteiger partial charge in [0.25, 0.3) is 8.32 Å². The molecule has 0 fully saturated rings. The summed E-state index contributed by atoms with van der Waals surface area (Å²) in [4.78, 5) is 12.5. The monoisotopic (exact) mass is 524 g/mol. The van der Waals surface area contributed by atoms with Gasteiger partial charge in [0.15, 0.2) is 10.8 Å². The lowest BCUT2D eigenvalue weighted by atomic mass is 10.2. The average molecular weight is 525 g/mol. The molecule has 0 radical (unpaired) electrons. The molecule has 0 saturated carbocycles. The summed E-state index contributed by atoms with van der Waals surface area (Å²) < 4.78 is 23.9. The van der Waals surface area contributed by atoms with Crippen molar-refractivity contribution in [1.82, 2.24) is 19.5 Å². The van der Waals surface area contributed by atoms with Gasteiger partial charge in [0, 0.05) is 18.3 Å². The van der Waals surface area contributed by atoms with Gasteiger partial charge in [0.05, 0.1) is 0 Å². The molecule has 0 unspecified atom stereocenters. The van der Waals surface area contributed by atoms with Gasteiger partial charge >= 0.3 is 0 Å². The number of thioether (sulfide) groups is 1. The van der Waals surface area contributed by atoms with Gasteiger partial charge in [-0.15, -0.1) is 0 Å². The molecule has 2 aromatic heterocycles. The molecule has 5 rings (SSSR count). The first kappa shape index (κ1) is 24.2. The van der Waals surface area contributed by atoms with Gasteiger partial charge in [-0.3, -0.25) is 4.57 Å². The Balaban J connectivity index is 1.45. The molecule has 5 nitrogen and oxygen atoms in total. The van der Waals surface area contributed by atoms with Gasteiger partial charge in [0.2, 0.25) is 0 Å². The maximum absolute atomic E-state index is 15.2. The van der Waals surface area contributed by atoms with E-state index in [1.54, 1.807) is 10.9 Å². The predicted molar refractivity (Wildman–Crippen MR) is 144 cm³/mol. The molecule has 1 atom stereocenters. The first-order valence-electron chi connectivity index (χ1n) is 11.5. The van der Waals surface area contributed by atoms with Crippen LogP contribution in [0.15, 0.2) is 79.1 Å². The van der Waals surface area contributed by atoms with E-state index in [0.29, 0.717) is 22.8 Å². The van der Waals surface area contributed by atoms with Gasteiger partial charge in [-0.1, -0.05) is 105 Å². The number of aromatic nitrogens is 4. The molecule has 0 N–H and O–H groups in total. The van der Waals surface area contributed by atoms with Crippen molar-refractivity contribution in [3.05, 3.63) is 84.3 Å². The molecule has 0 spiro atoms.